The third kappa shape index (κ3) is 3.10. The summed E-state index contributed by atoms with van der Waals surface area (Å²) in [5, 5.41) is 10.3. The number of phenols is 1. The molecule has 4 rings (SSSR count). The summed E-state index contributed by atoms with van der Waals surface area (Å²) in [4.78, 5) is 0. The third-order valence-corrected chi connectivity index (χ3v) is 4.72. The van der Waals surface area contributed by atoms with E-state index in [9.17, 15) is 9.50 Å². The van der Waals surface area contributed by atoms with Crippen molar-refractivity contribution >= 4 is 0 Å². The van der Waals surface area contributed by atoms with Crippen LogP contribution in [0.5, 0.6) is 11.5 Å². The number of ether oxygens (including phenoxy) is 1. The van der Waals surface area contributed by atoms with E-state index in [0.29, 0.717) is 12.2 Å². The van der Waals surface area contributed by atoms with Crippen molar-refractivity contribution in [1.29, 1.82) is 0 Å². The van der Waals surface area contributed by atoms with Gasteiger partial charge in [0, 0.05) is 5.56 Å². The summed E-state index contributed by atoms with van der Waals surface area (Å²) < 4.78 is 20.1. The van der Waals surface area contributed by atoms with Crippen molar-refractivity contribution in [2.75, 3.05) is 0 Å². The molecule has 0 heterocycles. The van der Waals surface area contributed by atoms with Crippen LogP contribution in [0.3, 0.4) is 0 Å². The van der Waals surface area contributed by atoms with Crippen molar-refractivity contribution in [2.45, 2.75) is 25.9 Å². The van der Waals surface area contributed by atoms with Gasteiger partial charge in [-0.3, -0.25) is 0 Å². The van der Waals surface area contributed by atoms with E-state index in [1.165, 1.54) is 11.6 Å². The van der Waals surface area contributed by atoms with Crippen LogP contribution in [-0.4, -0.2) is 5.11 Å². The van der Waals surface area contributed by atoms with Gasteiger partial charge in [-0.25, -0.2) is 4.39 Å². The number of fused-ring (bicyclic) bond motifs is 1. The molecule has 0 atom stereocenters. The summed E-state index contributed by atoms with van der Waals surface area (Å²) >= 11 is 0. The molecule has 126 valence electrons. The van der Waals surface area contributed by atoms with Crippen LogP contribution in [0, 0.1) is 5.82 Å². The maximum atomic E-state index is 14.5. The Morgan fingerprint density at radius 2 is 1.80 bits per heavy atom. The topological polar surface area (TPSA) is 29.5 Å². The second-order valence-electron chi connectivity index (χ2n) is 6.37. The number of phenolic OH excluding ortho intramolecular Hbond substituents is 1. The first-order valence-corrected chi connectivity index (χ1v) is 8.53. The Morgan fingerprint density at radius 1 is 0.960 bits per heavy atom. The summed E-state index contributed by atoms with van der Waals surface area (Å²) in [6.45, 7) is 0.323. The van der Waals surface area contributed by atoms with Crippen molar-refractivity contribution in [3.8, 4) is 22.6 Å². The number of hydrogen-bond donors (Lipinski definition) is 1. The van der Waals surface area contributed by atoms with Gasteiger partial charge in [0.2, 0.25) is 0 Å². The molecule has 3 aromatic carbocycles. The van der Waals surface area contributed by atoms with Crippen LogP contribution in [0.2, 0.25) is 0 Å². The molecule has 1 N–H and O–H groups in total. The van der Waals surface area contributed by atoms with Crippen LogP contribution in [0.25, 0.3) is 11.1 Å². The van der Waals surface area contributed by atoms with Crippen molar-refractivity contribution in [3.05, 3.63) is 83.2 Å². The molecule has 0 unspecified atom stereocenters. The molecule has 0 saturated carbocycles. The number of hydrogen-bond acceptors (Lipinski definition) is 2. The predicted octanol–water partition coefficient (Wildman–Crippen LogP) is 5.27. The Bertz CT molecular complexity index is 903. The molecule has 0 aliphatic heterocycles. The molecule has 0 saturated heterocycles. The Kier molecular flexibility index (Phi) is 4.14. The first kappa shape index (κ1) is 15.7. The number of halogens is 1. The van der Waals surface area contributed by atoms with Gasteiger partial charge in [-0.15, -0.1) is 0 Å². The molecule has 0 aromatic heterocycles. The molecule has 1 aliphatic carbocycles. The second kappa shape index (κ2) is 6.60. The lowest BCUT2D eigenvalue weighted by atomic mass is 9.95. The lowest BCUT2D eigenvalue weighted by Crippen LogP contribution is -1.98. The van der Waals surface area contributed by atoms with Gasteiger partial charge in [0.25, 0.3) is 0 Å². The smallest absolute Gasteiger partial charge is 0.165 e. The molecule has 0 spiro atoms. The Balaban J connectivity index is 1.62. The van der Waals surface area contributed by atoms with Crippen molar-refractivity contribution in [2.24, 2.45) is 0 Å². The van der Waals surface area contributed by atoms with E-state index in [2.05, 4.69) is 0 Å². The fraction of sp³-hybridized carbons (Fsp3) is 0.182. The predicted molar refractivity (Wildman–Crippen MR) is 96.3 cm³/mol. The summed E-state index contributed by atoms with van der Waals surface area (Å²) in [6, 6.07) is 18.3. The van der Waals surface area contributed by atoms with E-state index in [-0.39, 0.29) is 11.5 Å². The van der Waals surface area contributed by atoms with E-state index < -0.39 is 5.82 Å². The van der Waals surface area contributed by atoms with Crippen molar-refractivity contribution in [3.63, 3.8) is 0 Å². The van der Waals surface area contributed by atoms with Crippen LogP contribution >= 0.6 is 0 Å². The van der Waals surface area contributed by atoms with Crippen molar-refractivity contribution in [1.82, 2.24) is 0 Å². The molecule has 1 aliphatic rings. The molecular formula is C22H19FO2. The minimum atomic E-state index is -0.413. The third-order valence-electron chi connectivity index (χ3n) is 4.72. The summed E-state index contributed by atoms with van der Waals surface area (Å²) in [5.74, 6) is 0.0149. The van der Waals surface area contributed by atoms with Crippen LogP contribution in [0.15, 0.2) is 60.7 Å². The van der Waals surface area contributed by atoms with E-state index in [4.69, 9.17) is 4.74 Å². The normalized spacial score (nSPS) is 12.8. The summed E-state index contributed by atoms with van der Waals surface area (Å²) in [5.41, 5.74) is 4.82. The van der Waals surface area contributed by atoms with E-state index >= 15 is 0 Å². The first-order valence-electron chi connectivity index (χ1n) is 8.53. The molecule has 3 aromatic rings. The zero-order valence-electron chi connectivity index (χ0n) is 13.8. The van der Waals surface area contributed by atoms with Gasteiger partial charge in [-0.05, 0) is 59.7 Å². The average Bonchev–Trinajstić information content (AvgIpc) is 3.10. The maximum Gasteiger partial charge on any atom is 0.165 e. The van der Waals surface area contributed by atoms with Crippen LogP contribution in [0.1, 0.15) is 23.1 Å². The zero-order chi connectivity index (χ0) is 17.2. The molecule has 3 heteroatoms. The van der Waals surface area contributed by atoms with E-state index in [1.54, 1.807) is 12.1 Å². The largest absolute Gasteiger partial charge is 0.507 e. The molecule has 0 fully saturated rings. The van der Waals surface area contributed by atoms with Crippen molar-refractivity contribution < 1.29 is 14.2 Å². The fourth-order valence-electron chi connectivity index (χ4n) is 3.48. The van der Waals surface area contributed by atoms with Gasteiger partial charge in [-0.1, -0.05) is 42.5 Å². The Morgan fingerprint density at radius 3 is 2.60 bits per heavy atom. The lowest BCUT2D eigenvalue weighted by molar-refractivity contribution is 0.290. The monoisotopic (exact) mass is 334 g/mol. The van der Waals surface area contributed by atoms with Crippen LogP contribution < -0.4 is 4.74 Å². The lowest BCUT2D eigenvalue weighted by Gasteiger charge is -2.13. The molecule has 0 amide bonds. The van der Waals surface area contributed by atoms with E-state index in [0.717, 1.165) is 36.0 Å². The van der Waals surface area contributed by atoms with Crippen LogP contribution in [-0.2, 0) is 19.4 Å². The number of aryl methyl sites for hydroxylation is 1. The minimum Gasteiger partial charge on any atom is -0.507 e. The number of rotatable bonds is 4. The number of benzene rings is 3. The van der Waals surface area contributed by atoms with Gasteiger partial charge >= 0.3 is 0 Å². The first-order chi connectivity index (χ1) is 12.2. The van der Waals surface area contributed by atoms with Gasteiger partial charge in [0.1, 0.15) is 12.4 Å². The maximum absolute atomic E-state index is 14.5. The van der Waals surface area contributed by atoms with Gasteiger partial charge in [-0.2, -0.15) is 0 Å². The van der Waals surface area contributed by atoms with Gasteiger partial charge in [0.15, 0.2) is 11.6 Å². The Hall–Kier alpha value is -2.81. The minimum absolute atomic E-state index is 0.206. The SMILES string of the molecule is Oc1ccc2c(c1-c1ccc(OCc3ccccc3)c(F)c1)CCC2. The standard InChI is InChI=1S/C22H19FO2/c23-19-13-17(22-18-8-4-7-16(18)9-11-20(22)24)10-12-21(19)25-14-15-5-2-1-3-6-15/h1-3,5-6,9-13,24H,4,7-8,14H2. The second-order valence-corrected chi connectivity index (χ2v) is 6.37. The molecular weight excluding hydrogens is 315 g/mol. The van der Waals surface area contributed by atoms with Gasteiger partial charge in [0.05, 0.1) is 0 Å². The van der Waals surface area contributed by atoms with Gasteiger partial charge < -0.3 is 9.84 Å². The molecule has 0 radical (unpaired) electrons. The highest BCUT2D eigenvalue weighted by Gasteiger charge is 2.20. The Labute approximate surface area is 146 Å². The highest BCUT2D eigenvalue weighted by molar-refractivity contribution is 5.76. The zero-order valence-corrected chi connectivity index (χ0v) is 13.8. The average molecular weight is 334 g/mol. The highest BCUT2D eigenvalue weighted by atomic mass is 19.1. The molecule has 25 heavy (non-hydrogen) atoms. The summed E-state index contributed by atoms with van der Waals surface area (Å²) in [6.07, 6.45) is 3.02. The molecule has 2 nitrogen and oxygen atoms in total. The molecule has 0 bridgehead atoms. The summed E-state index contributed by atoms with van der Waals surface area (Å²) in [7, 11) is 0. The van der Waals surface area contributed by atoms with E-state index in [1.807, 2.05) is 42.5 Å². The van der Waals surface area contributed by atoms with Crippen LogP contribution in [0.4, 0.5) is 4.39 Å². The fourth-order valence-corrected chi connectivity index (χ4v) is 3.48. The quantitative estimate of drug-likeness (QED) is 0.704. The number of aromatic hydroxyl groups is 1. The highest BCUT2D eigenvalue weighted by Crippen LogP contribution is 2.39.